The van der Waals surface area contributed by atoms with Gasteiger partial charge >= 0.3 is 0 Å². The van der Waals surface area contributed by atoms with Gasteiger partial charge in [-0.2, -0.15) is 0 Å². The molecule has 1 heterocycles. The van der Waals surface area contributed by atoms with Crippen molar-refractivity contribution in [3.8, 4) is 5.75 Å². The van der Waals surface area contributed by atoms with Crippen LogP contribution >= 0.6 is 11.6 Å². The van der Waals surface area contributed by atoms with Crippen LogP contribution in [0.25, 0.3) is 0 Å². The molecule has 0 saturated carbocycles. The Labute approximate surface area is 145 Å². The third-order valence-corrected chi connectivity index (χ3v) is 5.85. The van der Waals surface area contributed by atoms with Crippen molar-refractivity contribution in [2.45, 2.75) is 19.4 Å². The van der Waals surface area contributed by atoms with E-state index in [0.717, 1.165) is 0 Å². The molecule has 7 nitrogen and oxygen atoms in total. The van der Waals surface area contributed by atoms with Crippen molar-refractivity contribution in [1.82, 2.24) is 4.90 Å². The Balaban J connectivity index is 2.03. The van der Waals surface area contributed by atoms with Crippen LogP contribution in [0.5, 0.6) is 5.75 Å². The summed E-state index contributed by atoms with van der Waals surface area (Å²) in [5.74, 6) is -0.335. The van der Waals surface area contributed by atoms with Crippen LogP contribution in [-0.2, 0) is 19.4 Å². The van der Waals surface area contributed by atoms with E-state index in [9.17, 15) is 18.0 Å². The predicted molar refractivity (Wildman–Crippen MR) is 91.1 cm³/mol. The van der Waals surface area contributed by atoms with Gasteiger partial charge in [-0.3, -0.25) is 9.59 Å². The summed E-state index contributed by atoms with van der Waals surface area (Å²) in [5.41, 5.74) is 0.466. The number of methoxy groups -OCH3 is 1. The van der Waals surface area contributed by atoms with Crippen LogP contribution < -0.4 is 10.1 Å². The van der Waals surface area contributed by atoms with Gasteiger partial charge in [-0.05, 0) is 24.6 Å². The van der Waals surface area contributed by atoms with Gasteiger partial charge in [0.1, 0.15) is 12.3 Å². The number of benzene rings is 1. The van der Waals surface area contributed by atoms with Gasteiger partial charge in [-0.15, -0.1) is 0 Å². The number of amides is 2. The molecule has 0 bridgehead atoms. The molecule has 1 aliphatic rings. The molecule has 1 unspecified atom stereocenters. The zero-order chi connectivity index (χ0) is 17.9. The molecule has 1 aromatic rings. The number of nitrogens with one attached hydrogen (secondary N) is 1. The van der Waals surface area contributed by atoms with E-state index in [0.29, 0.717) is 22.9 Å². The maximum absolute atomic E-state index is 12.2. The summed E-state index contributed by atoms with van der Waals surface area (Å²) in [6, 6.07) is 4.32. The van der Waals surface area contributed by atoms with Crippen LogP contribution in [-0.4, -0.2) is 56.3 Å². The highest BCUT2D eigenvalue weighted by Crippen LogP contribution is 2.27. The number of ether oxygens (including phenoxy) is 1. The molecule has 2 rings (SSSR count). The topological polar surface area (TPSA) is 92.8 Å². The zero-order valence-corrected chi connectivity index (χ0v) is 15.0. The van der Waals surface area contributed by atoms with Gasteiger partial charge in [0, 0.05) is 18.7 Å². The minimum atomic E-state index is -3.14. The Hall–Kier alpha value is -1.80. The lowest BCUT2D eigenvalue weighted by Crippen LogP contribution is -2.44. The monoisotopic (exact) mass is 374 g/mol. The van der Waals surface area contributed by atoms with Crippen molar-refractivity contribution in [2.75, 3.05) is 30.5 Å². The highest BCUT2D eigenvalue weighted by atomic mass is 35.5. The Morgan fingerprint density at radius 1 is 1.42 bits per heavy atom. The molecule has 1 saturated heterocycles. The first-order chi connectivity index (χ1) is 11.2. The molecule has 1 aromatic carbocycles. The van der Waals surface area contributed by atoms with Crippen molar-refractivity contribution in [3.05, 3.63) is 23.2 Å². The van der Waals surface area contributed by atoms with Gasteiger partial charge in [-0.1, -0.05) is 11.6 Å². The zero-order valence-electron chi connectivity index (χ0n) is 13.4. The second-order valence-electron chi connectivity index (χ2n) is 5.60. The molecule has 24 heavy (non-hydrogen) atoms. The maximum Gasteiger partial charge on any atom is 0.244 e. The van der Waals surface area contributed by atoms with Crippen LogP contribution in [0.2, 0.25) is 5.02 Å². The summed E-state index contributed by atoms with van der Waals surface area (Å²) in [4.78, 5) is 25.3. The summed E-state index contributed by atoms with van der Waals surface area (Å²) >= 11 is 6.00. The van der Waals surface area contributed by atoms with Crippen molar-refractivity contribution in [1.29, 1.82) is 0 Å². The average molecular weight is 375 g/mol. The average Bonchev–Trinajstić information content (AvgIpc) is 2.84. The third kappa shape index (κ3) is 4.61. The lowest BCUT2D eigenvalue weighted by Gasteiger charge is -2.26. The van der Waals surface area contributed by atoms with E-state index in [2.05, 4.69) is 5.32 Å². The van der Waals surface area contributed by atoms with E-state index in [1.54, 1.807) is 12.1 Å². The Bertz CT molecular complexity index is 750. The minimum absolute atomic E-state index is 0.0388. The van der Waals surface area contributed by atoms with Gasteiger partial charge in [0.05, 0.1) is 23.6 Å². The third-order valence-electron chi connectivity index (χ3n) is 3.80. The number of halogens is 1. The van der Waals surface area contributed by atoms with Crippen molar-refractivity contribution in [2.24, 2.45) is 0 Å². The van der Waals surface area contributed by atoms with E-state index in [-0.39, 0.29) is 24.0 Å². The molecular weight excluding hydrogens is 356 g/mol. The number of carbonyl (C=O) groups is 2. The molecule has 9 heteroatoms. The molecule has 1 N–H and O–H groups in total. The van der Waals surface area contributed by atoms with Gasteiger partial charge < -0.3 is 15.0 Å². The first-order valence-electron chi connectivity index (χ1n) is 7.33. The quantitative estimate of drug-likeness (QED) is 0.839. The first kappa shape index (κ1) is 18.5. The van der Waals surface area contributed by atoms with E-state index in [4.69, 9.17) is 16.3 Å². The molecular formula is C15H19ClN2O5S. The molecule has 0 spiro atoms. The SMILES string of the molecule is COc1ccc(NC(=O)CN(C(C)=O)C2CCS(=O)(=O)C2)cc1Cl. The molecule has 1 atom stereocenters. The highest BCUT2D eigenvalue weighted by molar-refractivity contribution is 7.91. The van der Waals surface area contributed by atoms with Gasteiger partial charge in [0.25, 0.3) is 0 Å². The number of hydrogen-bond acceptors (Lipinski definition) is 5. The molecule has 0 aliphatic carbocycles. The second-order valence-corrected chi connectivity index (χ2v) is 8.24. The lowest BCUT2D eigenvalue weighted by atomic mass is 10.2. The largest absolute Gasteiger partial charge is 0.495 e. The van der Waals surface area contributed by atoms with Gasteiger partial charge in [0.2, 0.25) is 11.8 Å². The minimum Gasteiger partial charge on any atom is -0.495 e. The standard InChI is InChI=1S/C15H19ClN2O5S/c1-10(19)18(12-5-6-24(21,22)9-12)8-15(20)17-11-3-4-14(23-2)13(16)7-11/h3-4,7,12H,5-6,8-9H2,1-2H3,(H,17,20). The summed E-state index contributed by atoms with van der Waals surface area (Å²) in [6.45, 7) is 1.11. The maximum atomic E-state index is 12.2. The number of anilines is 1. The van der Waals surface area contributed by atoms with Gasteiger partial charge in [-0.25, -0.2) is 8.42 Å². The van der Waals surface area contributed by atoms with Crippen LogP contribution in [0.3, 0.4) is 0 Å². The number of sulfone groups is 1. The van der Waals surface area contributed by atoms with Crippen LogP contribution in [0.15, 0.2) is 18.2 Å². The van der Waals surface area contributed by atoms with Crippen LogP contribution in [0.1, 0.15) is 13.3 Å². The van der Waals surface area contributed by atoms with Crippen LogP contribution in [0, 0.1) is 0 Å². The summed E-state index contributed by atoms with van der Waals surface area (Å²) in [7, 11) is -1.65. The van der Waals surface area contributed by atoms with Crippen molar-refractivity contribution < 1.29 is 22.7 Å². The predicted octanol–water partition coefficient (Wildman–Crippen LogP) is 1.32. The number of nitrogens with zero attached hydrogens (tertiary/aromatic N) is 1. The fourth-order valence-corrected chi connectivity index (χ4v) is 4.61. The molecule has 132 valence electrons. The Morgan fingerprint density at radius 3 is 2.62 bits per heavy atom. The molecule has 0 aromatic heterocycles. The van der Waals surface area contributed by atoms with E-state index in [1.165, 1.54) is 25.0 Å². The van der Waals surface area contributed by atoms with Crippen molar-refractivity contribution >= 4 is 38.9 Å². The lowest BCUT2D eigenvalue weighted by molar-refractivity contribution is -0.134. The second kappa shape index (κ2) is 7.40. The van der Waals surface area contributed by atoms with Crippen molar-refractivity contribution in [3.63, 3.8) is 0 Å². The summed E-state index contributed by atoms with van der Waals surface area (Å²) in [6.07, 6.45) is 0.351. The number of hydrogen-bond donors (Lipinski definition) is 1. The fraction of sp³-hybridized carbons (Fsp3) is 0.467. The van der Waals surface area contributed by atoms with E-state index >= 15 is 0 Å². The highest BCUT2D eigenvalue weighted by Gasteiger charge is 2.34. The Kier molecular flexibility index (Phi) is 5.71. The normalized spacial score (nSPS) is 18.9. The molecule has 2 amide bonds. The number of rotatable bonds is 5. The van der Waals surface area contributed by atoms with E-state index in [1.807, 2.05) is 0 Å². The Morgan fingerprint density at radius 2 is 2.12 bits per heavy atom. The van der Waals surface area contributed by atoms with E-state index < -0.39 is 21.8 Å². The van der Waals surface area contributed by atoms with Crippen LogP contribution in [0.4, 0.5) is 5.69 Å². The van der Waals surface area contributed by atoms with Gasteiger partial charge in [0.15, 0.2) is 9.84 Å². The smallest absolute Gasteiger partial charge is 0.244 e. The molecule has 1 aliphatic heterocycles. The summed E-state index contributed by atoms with van der Waals surface area (Å²) in [5, 5.41) is 2.99. The fourth-order valence-electron chi connectivity index (χ4n) is 2.62. The first-order valence-corrected chi connectivity index (χ1v) is 9.53. The molecule has 1 fully saturated rings. The molecule has 0 radical (unpaired) electrons. The summed E-state index contributed by atoms with van der Waals surface area (Å²) < 4.78 is 28.2. The number of carbonyl (C=O) groups excluding carboxylic acids is 2.